The number of rotatable bonds is 6. The molecule has 3 aliphatic rings. The predicted octanol–water partition coefficient (Wildman–Crippen LogP) is 4.41. The summed E-state index contributed by atoms with van der Waals surface area (Å²) >= 11 is 6.18. The first-order valence-electron chi connectivity index (χ1n) is 13.5. The Morgan fingerprint density at radius 3 is 2.45 bits per heavy atom. The third kappa shape index (κ3) is 4.90. The number of anilines is 2. The zero-order chi connectivity index (χ0) is 29.2. The first-order valence-corrected chi connectivity index (χ1v) is 15.4. The molecule has 0 radical (unpaired) electrons. The van der Waals surface area contributed by atoms with Gasteiger partial charge in [0, 0.05) is 36.8 Å². The van der Waals surface area contributed by atoms with E-state index in [1.165, 1.54) is 18.6 Å². The largest absolute Gasteiger partial charge is 0.344 e. The second-order valence-electron chi connectivity index (χ2n) is 10.7. The van der Waals surface area contributed by atoms with Crippen LogP contribution in [0, 0.1) is 17.6 Å². The average molecular weight is 612 g/mol. The maximum atomic E-state index is 14.2. The van der Waals surface area contributed by atoms with E-state index in [1.807, 2.05) is 4.90 Å². The van der Waals surface area contributed by atoms with Crippen molar-refractivity contribution in [2.24, 2.45) is 5.92 Å². The first kappa shape index (κ1) is 26.9. The third-order valence-electron chi connectivity index (χ3n) is 7.97. The van der Waals surface area contributed by atoms with E-state index >= 15 is 0 Å². The molecule has 2 unspecified atom stereocenters. The Bertz CT molecular complexity index is 1840. The van der Waals surface area contributed by atoms with Crippen molar-refractivity contribution < 1.29 is 22.0 Å². The number of nitrogens with zero attached hydrogens (tertiary/aromatic N) is 6. The number of carbonyl (C=O) groups excluding carboxylic acids is 1. The van der Waals surface area contributed by atoms with E-state index in [4.69, 9.17) is 16.6 Å². The first-order chi connectivity index (χ1) is 20.2. The van der Waals surface area contributed by atoms with Crippen molar-refractivity contribution >= 4 is 50.1 Å². The van der Waals surface area contributed by atoms with Crippen LogP contribution in [0.1, 0.15) is 25.7 Å². The van der Waals surface area contributed by atoms with Crippen LogP contribution in [0.5, 0.6) is 0 Å². The van der Waals surface area contributed by atoms with Gasteiger partial charge in [-0.3, -0.25) is 9.52 Å². The molecule has 1 amide bonds. The molecule has 2 saturated heterocycles. The number of nitrogens with one attached hydrogen (secondary N) is 1. The number of sulfonamides is 1. The Labute approximate surface area is 244 Å². The normalized spacial score (nSPS) is 20.3. The van der Waals surface area contributed by atoms with Gasteiger partial charge in [-0.05, 0) is 56.0 Å². The van der Waals surface area contributed by atoms with Gasteiger partial charge in [0.1, 0.15) is 28.4 Å². The van der Waals surface area contributed by atoms with Crippen molar-refractivity contribution in [3.63, 3.8) is 0 Å². The number of hydrogen-bond donors (Lipinski definition) is 1. The van der Waals surface area contributed by atoms with Crippen LogP contribution in [0.15, 0.2) is 53.8 Å². The van der Waals surface area contributed by atoms with Crippen LogP contribution in [0.4, 0.5) is 20.3 Å². The van der Waals surface area contributed by atoms with E-state index in [9.17, 15) is 22.0 Å². The highest BCUT2D eigenvalue weighted by Crippen LogP contribution is 2.43. The zero-order valence-electron chi connectivity index (χ0n) is 22.0. The molecule has 0 spiro atoms. The maximum absolute atomic E-state index is 14.2. The molecule has 2 atom stereocenters. The molecule has 10 nitrogen and oxygen atoms in total. The molecule has 216 valence electrons. The monoisotopic (exact) mass is 611 g/mol. The lowest BCUT2D eigenvalue weighted by molar-refractivity contribution is -0.132. The Kier molecular flexibility index (Phi) is 6.46. The van der Waals surface area contributed by atoms with Crippen LogP contribution in [0.2, 0.25) is 5.15 Å². The average Bonchev–Trinajstić information content (AvgIpc) is 3.87. The quantitative estimate of drug-likeness (QED) is 0.251. The molecule has 7 rings (SSSR count). The number of likely N-dealkylation sites (tertiary alicyclic amines) is 1. The van der Waals surface area contributed by atoms with E-state index in [1.54, 1.807) is 12.1 Å². The summed E-state index contributed by atoms with van der Waals surface area (Å²) < 4.78 is 55.5. The Morgan fingerprint density at radius 1 is 0.976 bits per heavy atom. The smallest absolute Gasteiger partial charge is 0.264 e. The van der Waals surface area contributed by atoms with Crippen molar-refractivity contribution in [1.82, 2.24) is 24.8 Å². The zero-order valence-corrected chi connectivity index (χ0v) is 23.6. The number of aromatic nitrogens is 4. The van der Waals surface area contributed by atoms with Crippen LogP contribution in [-0.2, 0) is 14.8 Å². The summed E-state index contributed by atoms with van der Waals surface area (Å²) in [7, 11) is -4.44. The van der Waals surface area contributed by atoms with Crippen LogP contribution in [0.3, 0.4) is 0 Å². The molecule has 3 fully saturated rings. The standard InChI is InChI=1S/C28H24ClF2N7O3S/c29-26-21(36-42(40,41)24-6-3-17(30)12-18(24)31)11-16(13-32-26)19-4-5-20-25(35-19)27(34-14-33-20)38-22-7-9-37(10-8-23(22)38)28(39)15-1-2-15/h3-6,11-15,22-23,36H,1-2,7-10H2. The van der Waals surface area contributed by atoms with Crippen molar-refractivity contribution in [3.8, 4) is 11.3 Å². The lowest BCUT2D eigenvalue weighted by atomic mass is 10.1. The summed E-state index contributed by atoms with van der Waals surface area (Å²) in [5, 5.41) is -0.159. The highest BCUT2D eigenvalue weighted by atomic mass is 35.5. The molecule has 4 aromatic rings. The molecule has 14 heteroatoms. The van der Waals surface area contributed by atoms with Gasteiger partial charge in [0.05, 0.1) is 29.0 Å². The molecule has 2 aliphatic heterocycles. The fourth-order valence-electron chi connectivity index (χ4n) is 5.64. The van der Waals surface area contributed by atoms with Crippen molar-refractivity contribution in [1.29, 1.82) is 0 Å². The van der Waals surface area contributed by atoms with E-state index in [-0.39, 0.29) is 34.7 Å². The minimum Gasteiger partial charge on any atom is -0.344 e. The summed E-state index contributed by atoms with van der Waals surface area (Å²) in [6, 6.07) is 7.66. The van der Waals surface area contributed by atoms with E-state index in [0.717, 1.165) is 50.9 Å². The summed E-state index contributed by atoms with van der Waals surface area (Å²) in [5.74, 6) is -0.941. The third-order valence-corrected chi connectivity index (χ3v) is 9.67. The van der Waals surface area contributed by atoms with Gasteiger partial charge in [0.2, 0.25) is 5.91 Å². The Balaban J connectivity index is 1.16. The van der Waals surface area contributed by atoms with Gasteiger partial charge in [-0.25, -0.2) is 37.1 Å². The van der Waals surface area contributed by atoms with Crippen LogP contribution < -0.4 is 9.62 Å². The molecule has 1 saturated carbocycles. The van der Waals surface area contributed by atoms with Crippen LogP contribution in [-0.4, -0.2) is 64.3 Å². The number of benzene rings is 1. The van der Waals surface area contributed by atoms with Gasteiger partial charge in [-0.15, -0.1) is 0 Å². The second kappa shape index (κ2) is 10.1. The van der Waals surface area contributed by atoms with Gasteiger partial charge >= 0.3 is 0 Å². The van der Waals surface area contributed by atoms with Gasteiger partial charge in [0.25, 0.3) is 10.0 Å². The van der Waals surface area contributed by atoms with E-state index < -0.39 is 26.6 Å². The summed E-state index contributed by atoms with van der Waals surface area (Å²) in [6.45, 7) is 1.46. The Hall–Kier alpha value is -3.97. The topological polar surface area (TPSA) is 121 Å². The lowest BCUT2D eigenvalue weighted by Crippen LogP contribution is -2.34. The summed E-state index contributed by atoms with van der Waals surface area (Å²) in [6.07, 6.45) is 6.66. The maximum Gasteiger partial charge on any atom is 0.264 e. The fraction of sp³-hybridized carbons (Fsp3) is 0.321. The number of fused-ring (bicyclic) bond motifs is 2. The molecule has 3 aromatic heterocycles. The molecule has 0 bridgehead atoms. The lowest BCUT2D eigenvalue weighted by Gasteiger charge is -2.22. The molecule has 5 heterocycles. The molecule has 1 aliphatic carbocycles. The number of amides is 1. The van der Waals surface area contributed by atoms with Crippen molar-refractivity contribution in [3.05, 3.63) is 65.7 Å². The predicted molar refractivity (Wildman–Crippen MR) is 151 cm³/mol. The fourth-order valence-corrected chi connectivity index (χ4v) is 6.96. The number of carbonyl (C=O) groups is 1. The number of hydrogen-bond acceptors (Lipinski definition) is 8. The molecule has 42 heavy (non-hydrogen) atoms. The van der Waals surface area contributed by atoms with Gasteiger partial charge < -0.3 is 9.80 Å². The molecule has 1 N–H and O–H groups in total. The number of pyridine rings is 2. The summed E-state index contributed by atoms with van der Waals surface area (Å²) in [5.41, 5.74) is 2.05. The van der Waals surface area contributed by atoms with Gasteiger partial charge in [-0.2, -0.15) is 0 Å². The van der Waals surface area contributed by atoms with Crippen LogP contribution >= 0.6 is 11.6 Å². The highest BCUT2D eigenvalue weighted by Gasteiger charge is 2.51. The Morgan fingerprint density at radius 2 is 1.74 bits per heavy atom. The van der Waals surface area contributed by atoms with Crippen molar-refractivity contribution in [2.75, 3.05) is 22.7 Å². The van der Waals surface area contributed by atoms with Crippen LogP contribution in [0.25, 0.3) is 22.3 Å². The molecule has 1 aromatic carbocycles. The highest BCUT2D eigenvalue weighted by molar-refractivity contribution is 7.92. The molecular weight excluding hydrogens is 588 g/mol. The van der Waals surface area contributed by atoms with Crippen molar-refractivity contribution in [2.45, 2.75) is 42.7 Å². The minimum absolute atomic E-state index is 0.0946. The van der Waals surface area contributed by atoms with E-state index in [2.05, 4.69) is 24.6 Å². The minimum atomic E-state index is -4.44. The SMILES string of the molecule is O=C(C1CC1)N1CCC2C(CC1)N2c1ncnc2ccc(-c3cnc(Cl)c(NS(=O)(=O)c4ccc(F)cc4F)c3)nc12. The van der Waals surface area contributed by atoms with Gasteiger partial charge in [0.15, 0.2) is 11.0 Å². The molecular formula is C28H24ClF2N7O3S. The van der Waals surface area contributed by atoms with Gasteiger partial charge in [-0.1, -0.05) is 11.6 Å². The second-order valence-corrected chi connectivity index (χ2v) is 12.7. The summed E-state index contributed by atoms with van der Waals surface area (Å²) in [4.78, 5) is 33.9. The number of halogens is 3. The van der Waals surface area contributed by atoms with E-state index in [0.29, 0.717) is 34.2 Å².